The van der Waals surface area contributed by atoms with Crippen molar-refractivity contribution in [3.63, 3.8) is 0 Å². The number of aromatic nitrogens is 3. The van der Waals surface area contributed by atoms with Crippen molar-refractivity contribution in [2.75, 3.05) is 45.4 Å². The average Bonchev–Trinajstić information content (AvgIpc) is 3.46. The Morgan fingerprint density at radius 1 is 0.950 bits per heavy atom. The highest BCUT2D eigenvalue weighted by atomic mass is 16.6. The summed E-state index contributed by atoms with van der Waals surface area (Å²) in [7, 11) is 3.04. The maximum Gasteiger partial charge on any atom is 0.343 e. The molecule has 4 aromatic rings. The van der Waals surface area contributed by atoms with E-state index in [4.69, 9.17) is 18.9 Å². The standard InChI is InChI=1S/C30H27N5O5/c1-37-25-11-9-22(10-12-25)29(36)40-26-13-8-21(19-27(26)38-2)18-23(20-31)28-32-33-30(34-14-16-39-17-15-34)35(28)24-6-4-3-5-7-24/h3-13,18-19H,14-17H2,1-2H3. The molecule has 1 saturated heterocycles. The van der Waals surface area contributed by atoms with Gasteiger partial charge in [-0.2, -0.15) is 5.26 Å². The smallest absolute Gasteiger partial charge is 0.343 e. The first-order valence-electron chi connectivity index (χ1n) is 12.6. The summed E-state index contributed by atoms with van der Waals surface area (Å²) in [5.41, 5.74) is 2.17. The molecule has 0 radical (unpaired) electrons. The van der Waals surface area contributed by atoms with Crippen molar-refractivity contribution in [1.82, 2.24) is 14.8 Å². The number of esters is 1. The molecule has 10 nitrogen and oxygen atoms in total. The molecule has 0 saturated carbocycles. The van der Waals surface area contributed by atoms with E-state index >= 15 is 0 Å². The second-order valence-electron chi connectivity index (χ2n) is 8.79. The zero-order valence-electron chi connectivity index (χ0n) is 22.1. The number of carbonyl (C=O) groups excluding carboxylic acids is 1. The number of nitriles is 1. The fourth-order valence-electron chi connectivity index (χ4n) is 4.29. The molecule has 2 heterocycles. The molecule has 1 fully saturated rings. The van der Waals surface area contributed by atoms with E-state index in [1.54, 1.807) is 55.7 Å². The molecule has 3 aromatic carbocycles. The highest BCUT2D eigenvalue weighted by Crippen LogP contribution is 2.32. The minimum Gasteiger partial charge on any atom is -0.497 e. The summed E-state index contributed by atoms with van der Waals surface area (Å²) in [6.07, 6.45) is 1.70. The maximum absolute atomic E-state index is 12.7. The number of anilines is 1. The highest BCUT2D eigenvalue weighted by molar-refractivity contribution is 5.92. The van der Waals surface area contributed by atoms with Gasteiger partial charge in [-0.25, -0.2) is 4.79 Å². The molecule has 10 heteroatoms. The number of methoxy groups -OCH3 is 2. The van der Waals surface area contributed by atoms with Crippen LogP contribution in [0.25, 0.3) is 17.3 Å². The van der Waals surface area contributed by atoms with Gasteiger partial charge in [0.1, 0.15) is 11.8 Å². The fourth-order valence-corrected chi connectivity index (χ4v) is 4.29. The van der Waals surface area contributed by atoms with E-state index in [9.17, 15) is 10.1 Å². The molecule has 0 atom stereocenters. The number of allylic oxidation sites excluding steroid dienone is 1. The molecular weight excluding hydrogens is 510 g/mol. The van der Waals surface area contributed by atoms with Crippen molar-refractivity contribution in [3.8, 4) is 29.0 Å². The van der Waals surface area contributed by atoms with Gasteiger partial charge in [-0.1, -0.05) is 24.3 Å². The number of ether oxygens (including phenoxy) is 4. The molecule has 0 spiro atoms. The first-order valence-corrected chi connectivity index (χ1v) is 12.6. The van der Waals surface area contributed by atoms with Crippen LogP contribution in [0.5, 0.6) is 17.2 Å². The molecule has 0 N–H and O–H groups in total. The third-order valence-corrected chi connectivity index (χ3v) is 6.34. The van der Waals surface area contributed by atoms with Crippen LogP contribution in [0.15, 0.2) is 72.8 Å². The second kappa shape index (κ2) is 12.1. The van der Waals surface area contributed by atoms with Crippen LogP contribution in [0, 0.1) is 11.3 Å². The zero-order valence-corrected chi connectivity index (χ0v) is 22.1. The summed E-state index contributed by atoms with van der Waals surface area (Å²) in [6, 6.07) is 23.6. The number of nitrogens with zero attached hydrogens (tertiary/aromatic N) is 5. The number of hydrogen-bond acceptors (Lipinski definition) is 9. The Morgan fingerprint density at radius 2 is 1.70 bits per heavy atom. The van der Waals surface area contributed by atoms with Gasteiger partial charge in [0.15, 0.2) is 17.3 Å². The van der Waals surface area contributed by atoms with E-state index in [2.05, 4.69) is 21.2 Å². The van der Waals surface area contributed by atoms with Gasteiger partial charge < -0.3 is 23.8 Å². The summed E-state index contributed by atoms with van der Waals surface area (Å²) in [5, 5.41) is 19.0. The van der Waals surface area contributed by atoms with E-state index in [1.807, 2.05) is 34.9 Å². The van der Waals surface area contributed by atoms with E-state index in [1.165, 1.54) is 7.11 Å². The normalized spacial score (nSPS) is 13.4. The summed E-state index contributed by atoms with van der Waals surface area (Å²) in [5.74, 6) is 1.74. The number of benzene rings is 3. The molecule has 40 heavy (non-hydrogen) atoms. The summed E-state index contributed by atoms with van der Waals surface area (Å²) < 4.78 is 23.6. The monoisotopic (exact) mass is 537 g/mol. The van der Waals surface area contributed by atoms with Gasteiger partial charge in [0.05, 0.1) is 44.3 Å². The Balaban J connectivity index is 1.46. The molecule has 0 amide bonds. The van der Waals surface area contributed by atoms with Gasteiger partial charge in [-0.05, 0) is 60.2 Å². The van der Waals surface area contributed by atoms with Crippen molar-refractivity contribution in [3.05, 3.63) is 89.7 Å². The summed E-state index contributed by atoms with van der Waals surface area (Å²) >= 11 is 0. The topological polar surface area (TPSA) is 112 Å². The Bertz CT molecular complexity index is 1550. The van der Waals surface area contributed by atoms with Crippen LogP contribution in [-0.4, -0.2) is 61.3 Å². The van der Waals surface area contributed by atoms with Crippen LogP contribution < -0.4 is 19.1 Å². The Kier molecular flexibility index (Phi) is 8.04. The van der Waals surface area contributed by atoms with Gasteiger partial charge >= 0.3 is 5.97 Å². The lowest BCUT2D eigenvalue weighted by molar-refractivity contribution is 0.0729. The molecule has 0 bridgehead atoms. The first kappa shape index (κ1) is 26.5. The van der Waals surface area contributed by atoms with Gasteiger partial charge in [-0.3, -0.25) is 4.57 Å². The molecule has 1 aliphatic rings. The first-order chi connectivity index (χ1) is 19.6. The molecule has 1 aromatic heterocycles. The third-order valence-electron chi connectivity index (χ3n) is 6.34. The van der Waals surface area contributed by atoms with Crippen molar-refractivity contribution in [2.45, 2.75) is 0 Å². The average molecular weight is 538 g/mol. The van der Waals surface area contributed by atoms with Crippen molar-refractivity contribution in [1.29, 1.82) is 5.26 Å². The largest absolute Gasteiger partial charge is 0.497 e. The summed E-state index contributed by atoms with van der Waals surface area (Å²) in [6.45, 7) is 2.52. The van der Waals surface area contributed by atoms with Crippen LogP contribution in [0.4, 0.5) is 5.95 Å². The number of hydrogen-bond donors (Lipinski definition) is 0. The lowest BCUT2D eigenvalue weighted by Gasteiger charge is -2.28. The molecule has 1 aliphatic heterocycles. The van der Waals surface area contributed by atoms with Gasteiger partial charge in [-0.15, -0.1) is 10.2 Å². The second-order valence-corrected chi connectivity index (χ2v) is 8.79. The minimum absolute atomic E-state index is 0.251. The van der Waals surface area contributed by atoms with Crippen LogP contribution in [-0.2, 0) is 4.74 Å². The third kappa shape index (κ3) is 5.65. The van der Waals surface area contributed by atoms with Crippen molar-refractivity contribution in [2.24, 2.45) is 0 Å². The van der Waals surface area contributed by atoms with Crippen LogP contribution >= 0.6 is 0 Å². The number of carbonyl (C=O) groups is 1. The molecule has 5 rings (SSSR count). The van der Waals surface area contributed by atoms with E-state index in [0.29, 0.717) is 66.3 Å². The van der Waals surface area contributed by atoms with E-state index in [0.717, 1.165) is 5.69 Å². The lowest BCUT2D eigenvalue weighted by atomic mass is 10.1. The van der Waals surface area contributed by atoms with E-state index < -0.39 is 5.97 Å². The maximum atomic E-state index is 12.7. The zero-order chi connectivity index (χ0) is 27.9. The predicted molar refractivity (Wildman–Crippen MR) is 149 cm³/mol. The highest BCUT2D eigenvalue weighted by Gasteiger charge is 2.23. The predicted octanol–water partition coefficient (Wildman–Crippen LogP) is 4.40. The Hall–Kier alpha value is -5.14. The van der Waals surface area contributed by atoms with E-state index in [-0.39, 0.29) is 5.75 Å². The quantitative estimate of drug-likeness (QED) is 0.183. The Labute approximate surface area is 231 Å². The van der Waals surface area contributed by atoms with Crippen LogP contribution in [0.3, 0.4) is 0 Å². The van der Waals surface area contributed by atoms with Crippen molar-refractivity contribution >= 4 is 23.6 Å². The van der Waals surface area contributed by atoms with Crippen molar-refractivity contribution < 1.29 is 23.7 Å². The van der Waals surface area contributed by atoms with Gasteiger partial charge in [0, 0.05) is 13.1 Å². The number of rotatable bonds is 8. The lowest BCUT2D eigenvalue weighted by Crippen LogP contribution is -2.38. The van der Waals surface area contributed by atoms with Crippen LogP contribution in [0.1, 0.15) is 21.7 Å². The Morgan fingerprint density at radius 3 is 2.38 bits per heavy atom. The molecular formula is C30H27N5O5. The minimum atomic E-state index is -0.534. The number of morpholine rings is 1. The fraction of sp³-hybridized carbons (Fsp3) is 0.200. The summed E-state index contributed by atoms with van der Waals surface area (Å²) in [4.78, 5) is 14.8. The van der Waals surface area contributed by atoms with Gasteiger partial charge in [0.25, 0.3) is 0 Å². The van der Waals surface area contributed by atoms with Crippen LogP contribution in [0.2, 0.25) is 0 Å². The molecule has 0 aliphatic carbocycles. The molecule has 0 unspecified atom stereocenters. The SMILES string of the molecule is COc1ccc(C(=O)Oc2ccc(C=C(C#N)c3nnc(N4CCOCC4)n3-c3ccccc3)cc2OC)cc1. The van der Waals surface area contributed by atoms with Gasteiger partial charge in [0.2, 0.25) is 5.95 Å². The molecule has 202 valence electrons. The number of para-hydroxylation sites is 1.